The molecule has 2 fully saturated rings. The van der Waals surface area contributed by atoms with Crippen LogP contribution in [-0.4, -0.2) is 54.0 Å². The number of nitrogens with zero attached hydrogens (tertiary/aromatic N) is 2. The third-order valence-electron chi connectivity index (χ3n) is 4.84. The first-order valence-corrected chi connectivity index (χ1v) is 8.19. The lowest BCUT2D eigenvalue weighted by Crippen LogP contribution is -2.41. The zero-order valence-corrected chi connectivity index (χ0v) is 14.7. The van der Waals surface area contributed by atoms with E-state index in [0.29, 0.717) is 19.8 Å². The molecule has 0 amide bonds. The van der Waals surface area contributed by atoms with Gasteiger partial charge in [0, 0.05) is 11.7 Å². The molecule has 2 aliphatic heterocycles. The first kappa shape index (κ1) is 18.7. The van der Waals surface area contributed by atoms with E-state index in [0.717, 1.165) is 0 Å². The Labute approximate surface area is 144 Å². The lowest BCUT2D eigenvalue weighted by Gasteiger charge is -2.32. The topological polar surface area (TPSA) is 54.7 Å². The minimum Gasteiger partial charge on any atom is -0.399 e. The number of rotatable bonds is 3. The molecule has 0 aromatic carbocycles. The van der Waals surface area contributed by atoms with Gasteiger partial charge in [-0.05, 0) is 27.7 Å². The van der Waals surface area contributed by atoms with E-state index in [1.54, 1.807) is 27.7 Å². The monoisotopic (exact) mass is 362 g/mol. The Morgan fingerprint density at radius 3 is 2.36 bits per heavy atom. The average Bonchev–Trinajstić information content (AvgIpc) is 2.99. The van der Waals surface area contributed by atoms with Crippen molar-refractivity contribution in [2.24, 2.45) is 0 Å². The molecule has 3 heterocycles. The average molecular weight is 362 g/mol. The first-order chi connectivity index (χ1) is 11.5. The van der Waals surface area contributed by atoms with Crippen molar-refractivity contribution in [3.05, 3.63) is 11.9 Å². The molecule has 1 aromatic rings. The standard InChI is InChI=1S/C15H22BF3N2O4/c1-13(2)14(3,4)25-16(24-13)11-8-21(20-12(11)15(17,18)19)7-10-9-22-5-6-23-10/h8,10H,5-7,9H2,1-4H3. The van der Waals surface area contributed by atoms with Crippen LogP contribution in [0.2, 0.25) is 0 Å². The number of halogens is 3. The van der Waals surface area contributed by atoms with Crippen LogP contribution in [0.4, 0.5) is 13.2 Å². The third-order valence-corrected chi connectivity index (χ3v) is 4.84. The molecule has 1 unspecified atom stereocenters. The molecule has 0 radical (unpaired) electrons. The number of hydrogen-bond donors (Lipinski definition) is 0. The van der Waals surface area contributed by atoms with Gasteiger partial charge in [0.2, 0.25) is 0 Å². The highest BCUT2D eigenvalue weighted by atomic mass is 19.4. The fourth-order valence-electron chi connectivity index (χ4n) is 2.74. The van der Waals surface area contributed by atoms with E-state index in [-0.39, 0.29) is 18.1 Å². The van der Waals surface area contributed by atoms with Gasteiger partial charge in [-0.3, -0.25) is 4.68 Å². The van der Waals surface area contributed by atoms with E-state index < -0.39 is 30.2 Å². The highest BCUT2D eigenvalue weighted by Gasteiger charge is 2.54. The van der Waals surface area contributed by atoms with Crippen molar-refractivity contribution in [3.63, 3.8) is 0 Å². The van der Waals surface area contributed by atoms with E-state index in [9.17, 15) is 13.2 Å². The van der Waals surface area contributed by atoms with Crippen LogP contribution in [0.15, 0.2) is 6.20 Å². The predicted octanol–water partition coefficient (Wildman–Crippen LogP) is 1.62. The molecule has 0 saturated carbocycles. The molecule has 0 N–H and O–H groups in total. The molecular formula is C15H22BF3N2O4. The summed E-state index contributed by atoms with van der Waals surface area (Å²) in [6.07, 6.45) is -3.61. The lowest BCUT2D eigenvalue weighted by atomic mass is 9.79. The second kappa shape index (κ2) is 6.26. The Balaban J connectivity index is 1.87. The third kappa shape index (κ3) is 3.72. The molecule has 10 heteroatoms. The van der Waals surface area contributed by atoms with Crippen molar-refractivity contribution in [2.75, 3.05) is 19.8 Å². The van der Waals surface area contributed by atoms with Gasteiger partial charge >= 0.3 is 13.3 Å². The molecular weight excluding hydrogens is 340 g/mol. The van der Waals surface area contributed by atoms with Gasteiger partial charge in [-0.15, -0.1) is 0 Å². The van der Waals surface area contributed by atoms with Gasteiger partial charge in [0.1, 0.15) is 6.10 Å². The van der Waals surface area contributed by atoms with Crippen LogP contribution in [0.25, 0.3) is 0 Å². The van der Waals surface area contributed by atoms with E-state index in [1.807, 2.05) is 0 Å². The summed E-state index contributed by atoms with van der Waals surface area (Å²) in [6.45, 7) is 8.56. The molecule has 1 aromatic heterocycles. The molecule has 0 aliphatic carbocycles. The summed E-state index contributed by atoms with van der Waals surface area (Å²) in [5.74, 6) is 0. The van der Waals surface area contributed by atoms with Crippen molar-refractivity contribution in [1.82, 2.24) is 9.78 Å². The normalized spacial score (nSPS) is 26.2. The molecule has 3 rings (SSSR count). The molecule has 0 spiro atoms. The summed E-state index contributed by atoms with van der Waals surface area (Å²) in [6, 6.07) is 0. The van der Waals surface area contributed by atoms with Gasteiger partial charge < -0.3 is 18.8 Å². The highest BCUT2D eigenvalue weighted by Crippen LogP contribution is 2.37. The molecule has 25 heavy (non-hydrogen) atoms. The van der Waals surface area contributed by atoms with Gasteiger partial charge in [0.15, 0.2) is 5.69 Å². The number of alkyl halides is 3. The second-order valence-electron chi connectivity index (χ2n) is 7.31. The van der Waals surface area contributed by atoms with Gasteiger partial charge in [-0.1, -0.05) is 0 Å². The van der Waals surface area contributed by atoms with Crippen LogP contribution < -0.4 is 5.46 Å². The summed E-state index contributed by atoms with van der Waals surface area (Å²) in [7, 11) is -1.13. The summed E-state index contributed by atoms with van der Waals surface area (Å²) < 4.78 is 63.8. The van der Waals surface area contributed by atoms with Gasteiger partial charge in [-0.2, -0.15) is 18.3 Å². The van der Waals surface area contributed by atoms with Crippen LogP contribution >= 0.6 is 0 Å². The summed E-state index contributed by atoms with van der Waals surface area (Å²) in [4.78, 5) is 0. The minimum absolute atomic E-state index is 0.122. The van der Waals surface area contributed by atoms with E-state index in [4.69, 9.17) is 18.8 Å². The van der Waals surface area contributed by atoms with Crippen LogP contribution in [-0.2, 0) is 31.5 Å². The van der Waals surface area contributed by atoms with Crippen molar-refractivity contribution >= 4 is 12.6 Å². The van der Waals surface area contributed by atoms with Gasteiger partial charge in [0.25, 0.3) is 0 Å². The van der Waals surface area contributed by atoms with Crippen LogP contribution in [0.1, 0.15) is 33.4 Å². The Kier molecular flexibility index (Phi) is 4.68. The maximum absolute atomic E-state index is 13.4. The molecule has 2 aliphatic rings. The molecule has 1 atom stereocenters. The fraction of sp³-hybridized carbons (Fsp3) is 0.800. The Bertz CT molecular complexity index is 611. The maximum Gasteiger partial charge on any atom is 0.498 e. The Morgan fingerprint density at radius 2 is 1.84 bits per heavy atom. The van der Waals surface area contributed by atoms with Crippen LogP contribution in [0, 0.1) is 0 Å². The van der Waals surface area contributed by atoms with E-state index >= 15 is 0 Å². The van der Waals surface area contributed by atoms with Crippen molar-refractivity contribution < 1.29 is 32.0 Å². The number of ether oxygens (including phenoxy) is 2. The quantitative estimate of drug-likeness (QED) is 0.765. The predicted molar refractivity (Wildman–Crippen MR) is 83.5 cm³/mol. The van der Waals surface area contributed by atoms with Crippen molar-refractivity contribution in [3.8, 4) is 0 Å². The van der Waals surface area contributed by atoms with E-state index in [2.05, 4.69) is 5.10 Å². The highest BCUT2D eigenvalue weighted by molar-refractivity contribution is 6.62. The van der Waals surface area contributed by atoms with Crippen LogP contribution in [0.3, 0.4) is 0 Å². The Hall–Kier alpha value is -1.10. The maximum atomic E-state index is 13.4. The second-order valence-corrected chi connectivity index (χ2v) is 7.31. The number of hydrogen-bond acceptors (Lipinski definition) is 5. The first-order valence-electron chi connectivity index (χ1n) is 8.19. The Morgan fingerprint density at radius 1 is 1.20 bits per heavy atom. The SMILES string of the molecule is CC1(C)OB(c2cn(CC3COCCO3)nc2C(F)(F)F)OC1(C)C. The van der Waals surface area contributed by atoms with Gasteiger partial charge in [0.05, 0.1) is 37.6 Å². The van der Waals surface area contributed by atoms with Gasteiger partial charge in [-0.25, -0.2) is 0 Å². The summed E-state index contributed by atoms with van der Waals surface area (Å²) in [5.41, 5.74) is -2.59. The van der Waals surface area contributed by atoms with Crippen LogP contribution in [0.5, 0.6) is 0 Å². The molecule has 140 valence electrons. The molecule has 0 bridgehead atoms. The number of aromatic nitrogens is 2. The zero-order valence-electron chi connectivity index (χ0n) is 14.7. The molecule has 2 saturated heterocycles. The van der Waals surface area contributed by atoms with Crippen molar-refractivity contribution in [1.29, 1.82) is 0 Å². The fourth-order valence-corrected chi connectivity index (χ4v) is 2.74. The molecule has 6 nitrogen and oxygen atoms in total. The van der Waals surface area contributed by atoms with E-state index in [1.165, 1.54) is 10.9 Å². The summed E-state index contributed by atoms with van der Waals surface area (Å²) in [5, 5.41) is 3.71. The zero-order chi connectivity index (χ0) is 18.5. The smallest absolute Gasteiger partial charge is 0.399 e. The largest absolute Gasteiger partial charge is 0.498 e. The lowest BCUT2D eigenvalue weighted by molar-refractivity contribution is -0.141. The van der Waals surface area contributed by atoms with Crippen molar-refractivity contribution in [2.45, 2.75) is 57.7 Å². The minimum atomic E-state index is -4.60. The summed E-state index contributed by atoms with van der Waals surface area (Å²) >= 11 is 0.